The minimum Gasteiger partial charge on any atom is -0.465 e. The number of hydrogen-bond acceptors (Lipinski definition) is 3. The predicted octanol–water partition coefficient (Wildman–Crippen LogP) is 2.35. The number of carbonyl (C=O) groups excluding carboxylic acids is 2. The van der Waals surface area contributed by atoms with E-state index in [1.165, 1.54) is 4.90 Å². The summed E-state index contributed by atoms with van der Waals surface area (Å²) in [7, 11) is 0. The van der Waals surface area contributed by atoms with Crippen LogP contribution >= 0.6 is 0 Å². The normalized spacial score (nSPS) is 24.1. The van der Waals surface area contributed by atoms with Gasteiger partial charge in [-0.05, 0) is 36.8 Å². The standard InChI is InChI=1S/C17H20N2O4/c1-9(18-16(22)23)13(12-8-17(12,2)3)19-14(20)10-6-4-5-7-11(10)15(19)21/h4-7,9,12-13,18H,8H2,1-3H3,(H,22,23)/t9-,12?,13?/m0/s1. The van der Waals surface area contributed by atoms with E-state index in [1.54, 1.807) is 31.2 Å². The van der Waals surface area contributed by atoms with Crippen molar-refractivity contribution in [2.45, 2.75) is 39.3 Å². The molecule has 2 unspecified atom stereocenters. The van der Waals surface area contributed by atoms with Crippen molar-refractivity contribution in [1.82, 2.24) is 10.2 Å². The minimum atomic E-state index is -1.16. The van der Waals surface area contributed by atoms with Crippen molar-refractivity contribution >= 4 is 17.9 Å². The first-order valence-corrected chi connectivity index (χ1v) is 7.70. The van der Waals surface area contributed by atoms with Crippen LogP contribution in [0.3, 0.4) is 0 Å². The molecule has 0 aromatic heterocycles. The van der Waals surface area contributed by atoms with Gasteiger partial charge in [0.25, 0.3) is 11.8 Å². The quantitative estimate of drug-likeness (QED) is 0.835. The molecule has 2 N–H and O–H groups in total. The minimum absolute atomic E-state index is 0.00551. The SMILES string of the molecule is C[C@H](NC(=O)O)C(C1CC1(C)C)N1C(=O)c2ccccc2C1=O. The molecule has 1 aromatic carbocycles. The first kappa shape index (κ1) is 15.5. The van der Waals surface area contributed by atoms with Crippen LogP contribution in [0.5, 0.6) is 0 Å². The average Bonchev–Trinajstić information content (AvgIpc) is 3.02. The number of fused-ring (bicyclic) bond motifs is 1. The monoisotopic (exact) mass is 316 g/mol. The Morgan fingerprint density at radius 1 is 1.26 bits per heavy atom. The van der Waals surface area contributed by atoms with Crippen LogP contribution in [-0.4, -0.2) is 40.0 Å². The van der Waals surface area contributed by atoms with Gasteiger partial charge in [-0.1, -0.05) is 26.0 Å². The van der Waals surface area contributed by atoms with Crippen LogP contribution in [0, 0.1) is 11.3 Å². The number of nitrogens with one attached hydrogen (secondary N) is 1. The lowest BCUT2D eigenvalue weighted by molar-refractivity contribution is 0.0512. The number of carbonyl (C=O) groups is 3. The van der Waals surface area contributed by atoms with E-state index in [-0.39, 0.29) is 23.1 Å². The molecule has 0 radical (unpaired) electrons. The van der Waals surface area contributed by atoms with Crippen LogP contribution in [-0.2, 0) is 0 Å². The summed E-state index contributed by atoms with van der Waals surface area (Å²) in [5, 5.41) is 11.4. The van der Waals surface area contributed by atoms with Crippen LogP contribution in [0.4, 0.5) is 4.79 Å². The highest BCUT2D eigenvalue weighted by Crippen LogP contribution is 2.56. The molecule has 1 aliphatic heterocycles. The molecule has 6 heteroatoms. The maximum Gasteiger partial charge on any atom is 0.404 e. The molecule has 1 saturated carbocycles. The molecule has 3 amide bonds. The van der Waals surface area contributed by atoms with Crippen LogP contribution in [0.2, 0.25) is 0 Å². The lowest BCUT2D eigenvalue weighted by Crippen LogP contribution is -2.54. The summed E-state index contributed by atoms with van der Waals surface area (Å²) in [6.45, 7) is 5.84. The third-order valence-corrected chi connectivity index (χ3v) is 4.99. The fraction of sp³-hybridized carbons (Fsp3) is 0.471. The van der Waals surface area contributed by atoms with Crippen molar-refractivity contribution in [3.8, 4) is 0 Å². The topological polar surface area (TPSA) is 86.7 Å². The number of imide groups is 1. The maximum absolute atomic E-state index is 12.7. The average molecular weight is 316 g/mol. The van der Waals surface area contributed by atoms with Gasteiger partial charge in [0.1, 0.15) is 0 Å². The van der Waals surface area contributed by atoms with E-state index in [2.05, 4.69) is 19.2 Å². The molecular weight excluding hydrogens is 296 g/mol. The highest BCUT2D eigenvalue weighted by atomic mass is 16.4. The van der Waals surface area contributed by atoms with Gasteiger partial charge in [-0.25, -0.2) is 4.79 Å². The van der Waals surface area contributed by atoms with E-state index in [9.17, 15) is 14.4 Å². The molecule has 0 saturated heterocycles. The third-order valence-electron chi connectivity index (χ3n) is 4.99. The van der Waals surface area contributed by atoms with E-state index in [0.717, 1.165) is 6.42 Å². The Labute approximate surface area is 134 Å². The molecular formula is C17H20N2O4. The Balaban J connectivity index is 1.97. The third kappa shape index (κ3) is 2.48. The van der Waals surface area contributed by atoms with E-state index in [1.807, 2.05) is 0 Å². The van der Waals surface area contributed by atoms with Gasteiger partial charge in [0, 0.05) is 0 Å². The smallest absolute Gasteiger partial charge is 0.404 e. The van der Waals surface area contributed by atoms with Gasteiger partial charge in [-0.2, -0.15) is 0 Å². The summed E-state index contributed by atoms with van der Waals surface area (Å²) >= 11 is 0. The zero-order valence-corrected chi connectivity index (χ0v) is 13.4. The summed E-state index contributed by atoms with van der Waals surface area (Å²) in [5.41, 5.74) is 0.779. The van der Waals surface area contributed by atoms with Crippen LogP contribution in [0.15, 0.2) is 24.3 Å². The molecule has 6 nitrogen and oxygen atoms in total. The molecule has 1 aromatic rings. The van der Waals surface area contributed by atoms with Gasteiger partial charge in [-0.3, -0.25) is 14.5 Å². The molecule has 0 spiro atoms. The van der Waals surface area contributed by atoms with Gasteiger partial charge in [0.15, 0.2) is 0 Å². The molecule has 1 fully saturated rings. The first-order valence-electron chi connectivity index (χ1n) is 7.70. The number of nitrogens with zero attached hydrogens (tertiary/aromatic N) is 1. The number of rotatable bonds is 4. The highest BCUT2D eigenvalue weighted by Gasteiger charge is 2.57. The molecule has 1 heterocycles. The second kappa shape index (κ2) is 5.08. The second-order valence-corrected chi connectivity index (χ2v) is 7.05. The Morgan fingerprint density at radius 2 is 1.74 bits per heavy atom. The first-order chi connectivity index (χ1) is 10.7. The van der Waals surface area contributed by atoms with Crippen molar-refractivity contribution in [2.24, 2.45) is 11.3 Å². The van der Waals surface area contributed by atoms with Gasteiger partial charge >= 0.3 is 6.09 Å². The lowest BCUT2D eigenvalue weighted by Gasteiger charge is -2.32. The number of amides is 3. The Morgan fingerprint density at radius 3 is 2.13 bits per heavy atom. The van der Waals surface area contributed by atoms with Crippen LogP contribution in [0.25, 0.3) is 0 Å². The number of benzene rings is 1. The van der Waals surface area contributed by atoms with Crippen molar-refractivity contribution < 1.29 is 19.5 Å². The summed E-state index contributed by atoms with van der Waals surface area (Å²) in [4.78, 5) is 37.7. The fourth-order valence-corrected chi connectivity index (χ4v) is 3.60. The zero-order valence-electron chi connectivity index (χ0n) is 13.4. The predicted molar refractivity (Wildman–Crippen MR) is 83.2 cm³/mol. The van der Waals surface area contributed by atoms with Crippen molar-refractivity contribution in [3.63, 3.8) is 0 Å². The largest absolute Gasteiger partial charge is 0.465 e. The van der Waals surface area contributed by atoms with Gasteiger partial charge < -0.3 is 10.4 Å². The molecule has 122 valence electrons. The van der Waals surface area contributed by atoms with Gasteiger partial charge in [0.05, 0.1) is 23.2 Å². The summed E-state index contributed by atoms with van der Waals surface area (Å²) in [6.07, 6.45) is -0.297. The second-order valence-electron chi connectivity index (χ2n) is 7.05. The van der Waals surface area contributed by atoms with Crippen molar-refractivity contribution in [3.05, 3.63) is 35.4 Å². The van der Waals surface area contributed by atoms with Gasteiger partial charge in [0.2, 0.25) is 0 Å². The van der Waals surface area contributed by atoms with Crippen LogP contribution < -0.4 is 5.32 Å². The fourth-order valence-electron chi connectivity index (χ4n) is 3.60. The Bertz CT molecular complexity index is 663. The lowest BCUT2D eigenvalue weighted by atomic mass is 9.96. The molecule has 3 atom stereocenters. The van der Waals surface area contributed by atoms with Crippen molar-refractivity contribution in [1.29, 1.82) is 0 Å². The molecule has 23 heavy (non-hydrogen) atoms. The molecule has 0 bridgehead atoms. The van der Waals surface area contributed by atoms with Gasteiger partial charge in [-0.15, -0.1) is 0 Å². The Hall–Kier alpha value is -2.37. The molecule has 2 aliphatic rings. The molecule has 3 rings (SSSR count). The van der Waals surface area contributed by atoms with E-state index in [0.29, 0.717) is 11.1 Å². The molecule has 1 aliphatic carbocycles. The summed E-state index contributed by atoms with van der Waals surface area (Å²) < 4.78 is 0. The number of carboxylic acid groups (broad SMARTS) is 1. The van der Waals surface area contributed by atoms with E-state index < -0.39 is 18.2 Å². The van der Waals surface area contributed by atoms with Crippen molar-refractivity contribution in [2.75, 3.05) is 0 Å². The summed E-state index contributed by atoms with van der Waals surface area (Å²) in [5.74, 6) is -0.582. The zero-order chi connectivity index (χ0) is 16.9. The number of hydrogen-bond donors (Lipinski definition) is 2. The maximum atomic E-state index is 12.7. The Kier molecular flexibility index (Phi) is 3.43. The summed E-state index contributed by atoms with van der Waals surface area (Å²) in [6, 6.07) is 5.72. The van der Waals surface area contributed by atoms with E-state index >= 15 is 0 Å². The highest BCUT2D eigenvalue weighted by molar-refractivity contribution is 6.21. The van der Waals surface area contributed by atoms with Crippen LogP contribution in [0.1, 0.15) is 47.9 Å². The van der Waals surface area contributed by atoms with E-state index in [4.69, 9.17) is 5.11 Å².